The maximum Gasteiger partial charge on any atom is 0.227 e. The topological polar surface area (TPSA) is 46.3 Å². The van der Waals surface area contributed by atoms with E-state index in [1.54, 1.807) is 0 Å². The van der Waals surface area contributed by atoms with Gasteiger partial charge in [-0.2, -0.15) is 0 Å². The number of hydrogen-bond donors (Lipinski definition) is 1. The summed E-state index contributed by atoms with van der Waals surface area (Å²) in [6, 6.07) is 8.78. The van der Waals surface area contributed by atoms with Crippen molar-refractivity contribution in [3.05, 3.63) is 35.4 Å². The lowest BCUT2D eigenvalue weighted by Crippen LogP contribution is -2.45. The van der Waals surface area contributed by atoms with Crippen molar-refractivity contribution in [3.8, 4) is 0 Å². The molecule has 0 saturated carbocycles. The van der Waals surface area contributed by atoms with Crippen molar-refractivity contribution in [2.45, 2.75) is 39.7 Å². The highest BCUT2D eigenvalue weighted by Gasteiger charge is 2.34. The smallest absolute Gasteiger partial charge is 0.227 e. The van der Waals surface area contributed by atoms with Crippen LogP contribution in [-0.2, 0) is 4.79 Å². The first-order valence-electron chi connectivity index (χ1n) is 7.61. The van der Waals surface area contributed by atoms with Gasteiger partial charge >= 0.3 is 0 Å². The third-order valence-electron chi connectivity index (χ3n) is 4.41. The summed E-state index contributed by atoms with van der Waals surface area (Å²) in [7, 11) is 0. The Bertz CT molecular complexity index is 455. The van der Waals surface area contributed by atoms with Crippen LogP contribution in [-0.4, -0.2) is 23.9 Å². The van der Waals surface area contributed by atoms with Crippen LogP contribution in [0.5, 0.6) is 0 Å². The molecule has 0 spiro atoms. The van der Waals surface area contributed by atoms with Gasteiger partial charge in [0.1, 0.15) is 0 Å². The standard InChI is InChI=1S/C17H26N2O/c1-12-6-8-15(9-7-12)16-13(2)5-4-10-19(16)17(20)14(3)11-18/h6-9,13-14,16H,4-5,10-11,18H2,1-3H3. The number of carbonyl (C=O) groups is 1. The number of piperidine rings is 1. The van der Waals surface area contributed by atoms with Gasteiger partial charge in [-0.15, -0.1) is 0 Å². The molecule has 3 atom stereocenters. The van der Waals surface area contributed by atoms with Crippen LogP contribution in [0.1, 0.15) is 43.9 Å². The predicted octanol–water partition coefficient (Wildman–Crippen LogP) is 2.89. The van der Waals surface area contributed by atoms with Gasteiger partial charge in [0.25, 0.3) is 0 Å². The average molecular weight is 274 g/mol. The summed E-state index contributed by atoms with van der Waals surface area (Å²) in [5, 5.41) is 0. The Labute approximate surface area is 122 Å². The molecule has 110 valence electrons. The highest BCUT2D eigenvalue weighted by Crippen LogP contribution is 2.36. The Morgan fingerprint density at radius 2 is 2.05 bits per heavy atom. The Hall–Kier alpha value is -1.35. The number of hydrogen-bond acceptors (Lipinski definition) is 2. The van der Waals surface area contributed by atoms with Crippen molar-refractivity contribution in [2.24, 2.45) is 17.6 Å². The van der Waals surface area contributed by atoms with Gasteiger partial charge in [0.15, 0.2) is 0 Å². The quantitative estimate of drug-likeness (QED) is 0.921. The zero-order valence-electron chi connectivity index (χ0n) is 12.8. The van der Waals surface area contributed by atoms with E-state index in [4.69, 9.17) is 5.73 Å². The van der Waals surface area contributed by atoms with Crippen molar-refractivity contribution in [2.75, 3.05) is 13.1 Å². The molecule has 0 aromatic heterocycles. The third-order valence-corrected chi connectivity index (χ3v) is 4.41. The summed E-state index contributed by atoms with van der Waals surface area (Å²) in [6.45, 7) is 7.54. The van der Waals surface area contributed by atoms with E-state index in [2.05, 4.69) is 43.0 Å². The van der Waals surface area contributed by atoms with Gasteiger partial charge in [-0.25, -0.2) is 0 Å². The SMILES string of the molecule is Cc1ccc(C2C(C)CCCN2C(=O)C(C)CN)cc1. The maximum atomic E-state index is 12.6. The Morgan fingerprint density at radius 1 is 1.40 bits per heavy atom. The van der Waals surface area contributed by atoms with E-state index in [0.717, 1.165) is 13.0 Å². The molecule has 0 bridgehead atoms. The second-order valence-corrected chi connectivity index (χ2v) is 6.14. The summed E-state index contributed by atoms with van der Waals surface area (Å²) in [4.78, 5) is 14.6. The molecule has 1 heterocycles. The van der Waals surface area contributed by atoms with Gasteiger partial charge in [0, 0.05) is 19.0 Å². The Kier molecular flexibility index (Phi) is 4.81. The average Bonchev–Trinajstić information content (AvgIpc) is 2.46. The molecule has 1 aromatic rings. The molecule has 1 aromatic carbocycles. The van der Waals surface area contributed by atoms with Crippen LogP contribution in [0.25, 0.3) is 0 Å². The Morgan fingerprint density at radius 3 is 2.65 bits per heavy atom. The fraction of sp³-hybridized carbons (Fsp3) is 0.588. The van der Waals surface area contributed by atoms with Crippen molar-refractivity contribution in [3.63, 3.8) is 0 Å². The van der Waals surface area contributed by atoms with Crippen LogP contribution in [0, 0.1) is 18.8 Å². The van der Waals surface area contributed by atoms with E-state index >= 15 is 0 Å². The third kappa shape index (κ3) is 3.04. The molecule has 1 fully saturated rings. The van der Waals surface area contributed by atoms with Crippen molar-refractivity contribution in [1.29, 1.82) is 0 Å². The van der Waals surface area contributed by atoms with Gasteiger partial charge in [-0.1, -0.05) is 43.7 Å². The fourth-order valence-corrected chi connectivity index (χ4v) is 3.09. The molecule has 3 unspecified atom stereocenters. The zero-order chi connectivity index (χ0) is 14.7. The first kappa shape index (κ1) is 15.0. The van der Waals surface area contributed by atoms with Gasteiger partial charge in [-0.3, -0.25) is 4.79 Å². The van der Waals surface area contributed by atoms with Gasteiger partial charge in [0.05, 0.1) is 6.04 Å². The van der Waals surface area contributed by atoms with E-state index < -0.39 is 0 Å². The van der Waals surface area contributed by atoms with E-state index in [1.807, 2.05) is 6.92 Å². The van der Waals surface area contributed by atoms with E-state index in [9.17, 15) is 4.79 Å². The van der Waals surface area contributed by atoms with E-state index in [-0.39, 0.29) is 17.9 Å². The predicted molar refractivity (Wildman–Crippen MR) is 82.2 cm³/mol. The van der Waals surface area contributed by atoms with Gasteiger partial charge < -0.3 is 10.6 Å². The van der Waals surface area contributed by atoms with E-state index in [1.165, 1.54) is 17.5 Å². The number of benzene rings is 1. The molecule has 1 saturated heterocycles. The first-order valence-corrected chi connectivity index (χ1v) is 7.61. The van der Waals surface area contributed by atoms with Crippen molar-refractivity contribution in [1.82, 2.24) is 4.90 Å². The minimum Gasteiger partial charge on any atom is -0.335 e. The van der Waals surface area contributed by atoms with Crippen LogP contribution in [0.4, 0.5) is 0 Å². The molecule has 20 heavy (non-hydrogen) atoms. The summed E-state index contributed by atoms with van der Waals surface area (Å²) in [5.74, 6) is 0.609. The molecule has 0 aliphatic carbocycles. The summed E-state index contributed by atoms with van der Waals surface area (Å²) in [5.41, 5.74) is 8.18. The van der Waals surface area contributed by atoms with Crippen LogP contribution < -0.4 is 5.73 Å². The lowest BCUT2D eigenvalue weighted by atomic mass is 9.85. The van der Waals surface area contributed by atoms with Crippen LogP contribution in [0.2, 0.25) is 0 Å². The number of likely N-dealkylation sites (tertiary alicyclic amines) is 1. The molecule has 2 rings (SSSR count). The normalized spacial score (nSPS) is 24.5. The lowest BCUT2D eigenvalue weighted by molar-refractivity contribution is -0.140. The zero-order valence-corrected chi connectivity index (χ0v) is 12.8. The number of nitrogens with zero attached hydrogens (tertiary/aromatic N) is 1. The number of nitrogens with two attached hydrogens (primary N) is 1. The molecule has 2 N–H and O–H groups in total. The summed E-state index contributed by atoms with van der Waals surface area (Å²) < 4.78 is 0. The number of rotatable bonds is 3. The lowest BCUT2D eigenvalue weighted by Gasteiger charge is -2.41. The molecular formula is C17H26N2O. The van der Waals surface area contributed by atoms with Crippen LogP contribution in [0.3, 0.4) is 0 Å². The fourth-order valence-electron chi connectivity index (χ4n) is 3.09. The Balaban J connectivity index is 2.28. The number of aryl methyl sites for hydroxylation is 1. The van der Waals surface area contributed by atoms with Crippen LogP contribution in [0.15, 0.2) is 24.3 Å². The molecule has 0 radical (unpaired) electrons. The molecule has 1 aliphatic rings. The second-order valence-electron chi connectivity index (χ2n) is 6.14. The first-order chi connectivity index (χ1) is 9.54. The monoisotopic (exact) mass is 274 g/mol. The molecule has 1 aliphatic heterocycles. The van der Waals surface area contributed by atoms with Crippen molar-refractivity contribution < 1.29 is 4.79 Å². The molecule has 3 heteroatoms. The number of carbonyl (C=O) groups excluding carboxylic acids is 1. The van der Waals surface area contributed by atoms with Crippen molar-refractivity contribution >= 4 is 5.91 Å². The molecule has 1 amide bonds. The highest BCUT2D eigenvalue weighted by atomic mass is 16.2. The van der Waals surface area contributed by atoms with E-state index in [0.29, 0.717) is 12.5 Å². The number of amides is 1. The van der Waals surface area contributed by atoms with Gasteiger partial charge in [-0.05, 0) is 31.2 Å². The van der Waals surface area contributed by atoms with Gasteiger partial charge in [0.2, 0.25) is 5.91 Å². The minimum absolute atomic E-state index is 0.0896. The summed E-state index contributed by atoms with van der Waals surface area (Å²) in [6.07, 6.45) is 2.27. The highest BCUT2D eigenvalue weighted by molar-refractivity contribution is 5.79. The molecular weight excluding hydrogens is 248 g/mol. The molecule has 3 nitrogen and oxygen atoms in total. The summed E-state index contributed by atoms with van der Waals surface area (Å²) >= 11 is 0. The maximum absolute atomic E-state index is 12.6. The minimum atomic E-state index is -0.0896. The van der Waals surface area contributed by atoms with Crippen LogP contribution >= 0.6 is 0 Å². The second kappa shape index (κ2) is 6.40. The largest absolute Gasteiger partial charge is 0.335 e.